The van der Waals surface area contributed by atoms with Gasteiger partial charge in [-0.15, -0.1) is 5.10 Å². The molecule has 0 radical (unpaired) electrons. The highest BCUT2D eigenvalue weighted by Crippen LogP contribution is 2.34. The predicted molar refractivity (Wildman–Crippen MR) is 76.4 cm³/mol. The van der Waals surface area contributed by atoms with Crippen molar-refractivity contribution in [1.82, 2.24) is 20.2 Å². The summed E-state index contributed by atoms with van der Waals surface area (Å²) in [4.78, 5) is 0. The number of anilines is 1. The fourth-order valence-electron chi connectivity index (χ4n) is 2.81. The molecule has 0 bridgehead atoms. The summed E-state index contributed by atoms with van der Waals surface area (Å²) in [5.41, 5.74) is 7.25. The molecule has 1 aliphatic carbocycles. The van der Waals surface area contributed by atoms with Crippen LogP contribution in [0.25, 0.3) is 11.4 Å². The van der Waals surface area contributed by atoms with Gasteiger partial charge in [-0.2, -0.15) is 0 Å². The molecule has 6 nitrogen and oxygen atoms in total. The lowest BCUT2D eigenvalue weighted by Gasteiger charge is -2.19. The Morgan fingerprint density at radius 3 is 2.95 bits per heavy atom. The minimum absolute atomic E-state index is 0.147. The zero-order valence-electron chi connectivity index (χ0n) is 11.2. The third-order valence-electron chi connectivity index (χ3n) is 3.71. The summed E-state index contributed by atoms with van der Waals surface area (Å²) in [6.07, 6.45) is 3.29. The number of aromatic nitrogens is 4. The van der Waals surface area contributed by atoms with Gasteiger partial charge in [0.15, 0.2) is 5.82 Å². The highest BCUT2D eigenvalue weighted by molar-refractivity contribution is 6.31. The maximum atomic E-state index is 6.05. The first-order valence-electron chi connectivity index (χ1n) is 6.56. The monoisotopic (exact) mass is 293 g/mol. The molecule has 1 heterocycles. The van der Waals surface area contributed by atoms with Gasteiger partial charge in [0.25, 0.3) is 0 Å². The van der Waals surface area contributed by atoms with Gasteiger partial charge in [0.2, 0.25) is 0 Å². The molecule has 1 aliphatic rings. The molecule has 2 N–H and O–H groups in total. The molecular weight excluding hydrogens is 278 g/mol. The van der Waals surface area contributed by atoms with Gasteiger partial charge in [0.1, 0.15) is 0 Å². The molecule has 2 aromatic rings. The van der Waals surface area contributed by atoms with Gasteiger partial charge in [-0.05, 0) is 47.9 Å². The fraction of sp³-hybridized carbons (Fsp3) is 0.462. The molecule has 3 rings (SSSR count). The average molecular weight is 294 g/mol. The third kappa shape index (κ3) is 2.36. The van der Waals surface area contributed by atoms with Gasteiger partial charge in [-0.25, -0.2) is 4.68 Å². The quantitative estimate of drug-likeness (QED) is 0.879. The van der Waals surface area contributed by atoms with E-state index in [1.165, 1.54) is 0 Å². The van der Waals surface area contributed by atoms with E-state index in [0.29, 0.717) is 16.5 Å². The number of rotatable bonds is 3. The van der Waals surface area contributed by atoms with Crippen LogP contribution in [-0.4, -0.2) is 33.4 Å². The number of ether oxygens (including phenoxy) is 1. The molecule has 1 saturated carbocycles. The summed E-state index contributed by atoms with van der Waals surface area (Å²) in [5, 5.41) is 12.6. The number of benzene rings is 1. The molecule has 0 spiro atoms. The first-order chi connectivity index (χ1) is 9.69. The van der Waals surface area contributed by atoms with Crippen LogP contribution in [0.4, 0.5) is 5.69 Å². The number of halogens is 1. The summed E-state index contributed by atoms with van der Waals surface area (Å²) >= 11 is 6.05. The third-order valence-corrected chi connectivity index (χ3v) is 3.92. The Morgan fingerprint density at radius 1 is 1.35 bits per heavy atom. The normalized spacial score (nSPS) is 22.3. The van der Waals surface area contributed by atoms with Crippen LogP contribution in [-0.2, 0) is 4.74 Å². The van der Waals surface area contributed by atoms with E-state index in [1.807, 2.05) is 16.8 Å². The number of hydrogen-bond donors (Lipinski definition) is 1. The van der Waals surface area contributed by atoms with Crippen molar-refractivity contribution in [3.63, 3.8) is 0 Å². The molecule has 106 valence electrons. The van der Waals surface area contributed by atoms with E-state index in [4.69, 9.17) is 22.1 Å². The Kier molecular flexibility index (Phi) is 3.58. The zero-order valence-corrected chi connectivity index (χ0v) is 11.9. The lowest BCUT2D eigenvalue weighted by Crippen LogP contribution is -2.22. The van der Waals surface area contributed by atoms with Crippen LogP contribution in [0.1, 0.15) is 25.3 Å². The predicted octanol–water partition coefficient (Wildman–Crippen LogP) is 2.32. The number of nitrogen functional groups attached to an aromatic ring is 1. The summed E-state index contributed by atoms with van der Waals surface area (Å²) in [5.74, 6) is 0.674. The van der Waals surface area contributed by atoms with E-state index in [1.54, 1.807) is 13.2 Å². The molecule has 1 fully saturated rings. The van der Waals surface area contributed by atoms with E-state index in [9.17, 15) is 0 Å². The Balaban J connectivity index is 2.01. The van der Waals surface area contributed by atoms with Crippen LogP contribution >= 0.6 is 11.6 Å². The van der Waals surface area contributed by atoms with Crippen molar-refractivity contribution < 1.29 is 4.74 Å². The molecule has 20 heavy (non-hydrogen) atoms. The van der Waals surface area contributed by atoms with Gasteiger partial charge in [0.05, 0.1) is 12.1 Å². The summed E-state index contributed by atoms with van der Waals surface area (Å²) < 4.78 is 7.34. The van der Waals surface area contributed by atoms with Crippen LogP contribution < -0.4 is 5.73 Å². The highest BCUT2D eigenvalue weighted by Gasteiger charge is 2.31. The summed E-state index contributed by atoms with van der Waals surface area (Å²) in [6.45, 7) is 0. The number of nitrogens with zero attached hydrogens (tertiary/aromatic N) is 4. The number of methoxy groups -OCH3 is 1. The maximum Gasteiger partial charge on any atom is 0.182 e. The van der Waals surface area contributed by atoms with Gasteiger partial charge >= 0.3 is 0 Å². The number of nitrogens with two attached hydrogens (primary N) is 1. The van der Waals surface area contributed by atoms with Crippen LogP contribution in [0.2, 0.25) is 5.02 Å². The van der Waals surface area contributed by atoms with E-state index in [2.05, 4.69) is 15.5 Å². The van der Waals surface area contributed by atoms with E-state index in [0.717, 1.165) is 24.8 Å². The summed E-state index contributed by atoms with van der Waals surface area (Å²) in [6, 6.07) is 5.50. The molecule has 0 amide bonds. The first kappa shape index (κ1) is 13.3. The van der Waals surface area contributed by atoms with Crippen molar-refractivity contribution in [1.29, 1.82) is 0 Å². The second-order valence-electron chi connectivity index (χ2n) is 4.99. The van der Waals surface area contributed by atoms with Crippen molar-refractivity contribution in [3.05, 3.63) is 23.2 Å². The second kappa shape index (κ2) is 5.38. The van der Waals surface area contributed by atoms with Gasteiger partial charge in [-0.3, -0.25) is 0 Å². The molecule has 0 aliphatic heterocycles. The Labute approximate surface area is 121 Å². The van der Waals surface area contributed by atoms with Gasteiger partial charge < -0.3 is 10.5 Å². The fourth-order valence-corrected chi connectivity index (χ4v) is 3.05. The largest absolute Gasteiger partial charge is 0.399 e. The van der Waals surface area contributed by atoms with Gasteiger partial charge in [-0.1, -0.05) is 11.6 Å². The standard InChI is InChI=1S/C13H16ClN5O/c1-20-12-4-2-3-11(12)19-13(16-17-18-19)8-5-9(14)7-10(15)6-8/h5-7,11-12H,2-4,15H2,1H3. The first-order valence-corrected chi connectivity index (χ1v) is 6.94. The van der Waals surface area contributed by atoms with Crippen LogP contribution in [0.3, 0.4) is 0 Å². The SMILES string of the molecule is COC1CCCC1n1nnnc1-c1cc(N)cc(Cl)c1. The molecule has 1 aromatic carbocycles. The Morgan fingerprint density at radius 2 is 2.20 bits per heavy atom. The van der Waals surface area contributed by atoms with Crippen molar-refractivity contribution >= 4 is 17.3 Å². The molecule has 7 heteroatoms. The summed E-state index contributed by atoms with van der Waals surface area (Å²) in [7, 11) is 1.73. The molecular formula is C13H16ClN5O. The Bertz CT molecular complexity index is 594. The lowest BCUT2D eigenvalue weighted by atomic mass is 10.1. The van der Waals surface area contributed by atoms with Crippen LogP contribution in [0.5, 0.6) is 0 Å². The minimum atomic E-state index is 0.147. The topological polar surface area (TPSA) is 78.8 Å². The van der Waals surface area contributed by atoms with E-state index in [-0.39, 0.29) is 12.1 Å². The van der Waals surface area contributed by atoms with E-state index < -0.39 is 0 Å². The number of hydrogen-bond acceptors (Lipinski definition) is 5. The zero-order chi connectivity index (χ0) is 14.1. The molecule has 2 atom stereocenters. The van der Waals surface area contributed by atoms with Crippen molar-refractivity contribution in [2.45, 2.75) is 31.4 Å². The van der Waals surface area contributed by atoms with Crippen molar-refractivity contribution in [2.24, 2.45) is 0 Å². The van der Waals surface area contributed by atoms with Crippen LogP contribution in [0, 0.1) is 0 Å². The van der Waals surface area contributed by atoms with Crippen molar-refractivity contribution in [3.8, 4) is 11.4 Å². The average Bonchev–Trinajstić information content (AvgIpc) is 3.05. The molecule has 1 aromatic heterocycles. The second-order valence-corrected chi connectivity index (χ2v) is 5.43. The number of tetrazole rings is 1. The molecule has 2 unspecified atom stereocenters. The highest BCUT2D eigenvalue weighted by atomic mass is 35.5. The smallest absolute Gasteiger partial charge is 0.182 e. The van der Waals surface area contributed by atoms with Gasteiger partial charge in [0, 0.05) is 23.4 Å². The maximum absolute atomic E-state index is 6.05. The lowest BCUT2D eigenvalue weighted by molar-refractivity contribution is 0.0708. The van der Waals surface area contributed by atoms with E-state index >= 15 is 0 Å². The minimum Gasteiger partial charge on any atom is -0.399 e. The molecule has 0 saturated heterocycles. The van der Waals surface area contributed by atoms with Crippen LogP contribution in [0.15, 0.2) is 18.2 Å². The Hall–Kier alpha value is -1.66. The van der Waals surface area contributed by atoms with Crippen molar-refractivity contribution in [2.75, 3.05) is 12.8 Å².